The first-order chi connectivity index (χ1) is 9.27. The molecule has 0 saturated carbocycles. The van der Waals surface area contributed by atoms with Gasteiger partial charge in [-0.3, -0.25) is 0 Å². The summed E-state index contributed by atoms with van der Waals surface area (Å²) in [4.78, 5) is 0. The van der Waals surface area contributed by atoms with Crippen molar-refractivity contribution >= 4 is 0 Å². The maximum Gasteiger partial charge on any atom is -0.0351 e. The molecule has 0 heterocycles. The van der Waals surface area contributed by atoms with Crippen molar-refractivity contribution in [3.05, 3.63) is 12.2 Å². The molecule has 0 atom stereocenters. The van der Waals surface area contributed by atoms with E-state index in [4.69, 9.17) is 0 Å². The summed E-state index contributed by atoms with van der Waals surface area (Å²) in [5.41, 5.74) is 0. The van der Waals surface area contributed by atoms with Crippen molar-refractivity contribution in [2.75, 3.05) is 0 Å². The standard InChI is InChI=1S/C19H38/c1-4-5-6-7-8-9-10-11-12-13-14-15-16-17-18-19(2)3/h9-10,19H,4-8,11-18H2,1-3H3/b10-9+. The summed E-state index contributed by atoms with van der Waals surface area (Å²) in [6.07, 6.45) is 23.0. The molecule has 0 amide bonds. The minimum absolute atomic E-state index is 0.891. The van der Waals surface area contributed by atoms with Crippen LogP contribution in [0.3, 0.4) is 0 Å². The molecule has 0 aromatic carbocycles. The number of hydrogen-bond donors (Lipinski definition) is 0. The first kappa shape index (κ1) is 18.7. The Morgan fingerprint density at radius 1 is 0.632 bits per heavy atom. The summed E-state index contributed by atoms with van der Waals surface area (Å²) in [7, 11) is 0. The van der Waals surface area contributed by atoms with Crippen LogP contribution in [0.1, 0.15) is 104 Å². The van der Waals surface area contributed by atoms with Crippen LogP contribution in [0.25, 0.3) is 0 Å². The van der Waals surface area contributed by atoms with Gasteiger partial charge in [-0.1, -0.05) is 90.7 Å². The predicted molar refractivity (Wildman–Crippen MR) is 89.7 cm³/mol. The summed E-state index contributed by atoms with van der Waals surface area (Å²) in [6.45, 7) is 6.93. The van der Waals surface area contributed by atoms with Gasteiger partial charge in [-0.2, -0.15) is 0 Å². The van der Waals surface area contributed by atoms with Crippen molar-refractivity contribution in [1.29, 1.82) is 0 Å². The van der Waals surface area contributed by atoms with Gasteiger partial charge in [0.2, 0.25) is 0 Å². The minimum Gasteiger partial charge on any atom is -0.0885 e. The number of hydrogen-bond acceptors (Lipinski definition) is 0. The zero-order chi connectivity index (χ0) is 14.2. The fraction of sp³-hybridized carbons (Fsp3) is 0.895. The van der Waals surface area contributed by atoms with E-state index in [-0.39, 0.29) is 0 Å². The van der Waals surface area contributed by atoms with Crippen molar-refractivity contribution in [2.45, 2.75) is 104 Å². The normalized spacial score (nSPS) is 11.8. The lowest BCUT2D eigenvalue weighted by molar-refractivity contribution is 0.512. The molecule has 0 fully saturated rings. The molecule has 0 aliphatic heterocycles. The van der Waals surface area contributed by atoms with Crippen LogP contribution in [-0.2, 0) is 0 Å². The van der Waals surface area contributed by atoms with E-state index in [9.17, 15) is 0 Å². The Labute approximate surface area is 123 Å². The molecule has 114 valence electrons. The van der Waals surface area contributed by atoms with E-state index in [0.29, 0.717) is 0 Å². The molecule has 0 aliphatic carbocycles. The summed E-state index contributed by atoms with van der Waals surface area (Å²) < 4.78 is 0. The molecule has 19 heavy (non-hydrogen) atoms. The predicted octanol–water partition coefficient (Wildman–Crippen LogP) is 7.29. The average molecular weight is 267 g/mol. The third-order valence-electron chi connectivity index (χ3n) is 3.79. The maximum atomic E-state index is 2.41. The molecular formula is C19H38. The smallest absolute Gasteiger partial charge is 0.0351 e. The largest absolute Gasteiger partial charge is 0.0885 e. The van der Waals surface area contributed by atoms with Gasteiger partial charge in [-0.25, -0.2) is 0 Å². The number of rotatable bonds is 14. The molecule has 0 radical (unpaired) electrons. The summed E-state index contributed by atoms with van der Waals surface area (Å²) in [5.74, 6) is 0.891. The Morgan fingerprint density at radius 2 is 1.11 bits per heavy atom. The van der Waals surface area contributed by atoms with Gasteiger partial charge in [0.25, 0.3) is 0 Å². The summed E-state index contributed by atoms with van der Waals surface area (Å²) in [6, 6.07) is 0. The first-order valence-corrected chi connectivity index (χ1v) is 8.92. The van der Waals surface area contributed by atoms with Crippen molar-refractivity contribution in [2.24, 2.45) is 5.92 Å². The Morgan fingerprint density at radius 3 is 1.63 bits per heavy atom. The van der Waals surface area contributed by atoms with Crippen LogP contribution in [0.4, 0.5) is 0 Å². The second kappa shape index (κ2) is 15.8. The lowest BCUT2D eigenvalue weighted by Crippen LogP contribution is -1.87. The molecule has 0 spiro atoms. The van der Waals surface area contributed by atoms with Gasteiger partial charge in [0, 0.05) is 0 Å². The quantitative estimate of drug-likeness (QED) is 0.229. The molecule has 0 unspecified atom stereocenters. The Kier molecular flexibility index (Phi) is 15.6. The molecule has 0 heteroatoms. The van der Waals surface area contributed by atoms with Gasteiger partial charge in [-0.05, 0) is 31.6 Å². The van der Waals surface area contributed by atoms with Crippen molar-refractivity contribution in [3.8, 4) is 0 Å². The number of unbranched alkanes of at least 4 members (excludes halogenated alkanes) is 10. The van der Waals surface area contributed by atoms with Crippen LogP contribution >= 0.6 is 0 Å². The van der Waals surface area contributed by atoms with Crippen LogP contribution in [0.15, 0.2) is 12.2 Å². The van der Waals surface area contributed by atoms with Crippen molar-refractivity contribution in [1.82, 2.24) is 0 Å². The van der Waals surface area contributed by atoms with Gasteiger partial charge in [0.15, 0.2) is 0 Å². The maximum absolute atomic E-state index is 2.41. The Hall–Kier alpha value is -0.260. The molecule has 0 rings (SSSR count). The van der Waals surface area contributed by atoms with Crippen molar-refractivity contribution < 1.29 is 0 Å². The van der Waals surface area contributed by atoms with Gasteiger partial charge in [0.05, 0.1) is 0 Å². The third-order valence-corrected chi connectivity index (χ3v) is 3.79. The SMILES string of the molecule is CCCCCC/C=C/CCCCCCCCC(C)C. The fourth-order valence-corrected chi connectivity index (χ4v) is 2.45. The monoisotopic (exact) mass is 266 g/mol. The van der Waals surface area contributed by atoms with E-state index in [0.717, 1.165) is 5.92 Å². The Bertz CT molecular complexity index is 178. The second-order valence-corrected chi connectivity index (χ2v) is 6.41. The van der Waals surface area contributed by atoms with E-state index in [1.807, 2.05) is 0 Å². The molecule has 0 bridgehead atoms. The zero-order valence-corrected chi connectivity index (χ0v) is 13.9. The fourth-order valence-electron chi connectivity index (χ4n) is 2.45. The van der Waals surface area contributed by atoms with Gasteiger partial charge < -0.3 is 0 Å². The lowest BCUT2D eigenvalue weighted by atomic mass is 10.0. The van der Waals surface area contributed by atoms with Crippen LogP contribution in [0, 0.1) is 5.92 Å². The highest BCUT2D eigenvalue weighted by atomic mass is 14.0. The minimum atomic E-state index is 0.891. The van der Waals surface area contributed by atoms with Gasteiger partial charge in [0.1, 0.15) is 0 Å². The zero-order valence-electron chi connectivity index (χ0n) is 13.9. The van der Waals surface area contributed by atoms with Crippen LogP contribution < -0.4 is 0 Å². The highest BCUT2D eigenvalue weighted by Crippen LogP contribution is 2.12. The Balaban J connectivity index is 3.03. The lowest BCUT2D eigenvalue weighted by Gasteiger charge is -2.03. The summed E-state index contributed by atoms with van der Waals surface area (Å²) >= 11 is 0. The summed E-state index contributed by atoms with van der Waals surface area (Å²) in [5, 5.41) is 0. The molecule has 0 aromatic heterocycles. The molecule has 0 nitrogen and oxygen atoms in total. The molecule has 0 aliphatic rings. The van der Waals surface area contributed by atoms with Gasteiger partial charge in [-0.15, -0.1) is 0 Å². The second-order valence-electron chi connectivity index (χ2n) is 6.41. The van der Waals surface area contributed by atoms with Crippen LogP contribution in [0.5, 0.6) is 0 Å². The molecule has 0 aromatic rings. The number of allylic oxidation sites excluding steroid dienone is 2. The van der Waals surface area contributed by atoms with Gasteiger partial charge >= 0.3 is 0 Å². The topological polar surface area (TPSA) is 0 Å². The van der Waals surface area contributed by atoms with Crippen LogP contribution in [-0.4, -0.2) is 0 Å². The molecule has 0 saturated heterocycles. The molecular weight excluding hydrogens is 228 g/mol. The van der Waals surface area contributed by atoms with Crippen molar-refractivity contribution in [3.63, 3.8) is 0 Å². The van der Waals surface area contributed by atoms with E-state index in [2.05, 4.69) is 32.9 Å². The average Bonchev–Trinajstić information content (AvgIpc) is 2.39. The molecule has 0 N–H and O–H groups in total. The highest BCUT2D eigenvalue weighted by Gasteiger charge is 1.94. The third kappa shape index (κ3) is 17.7. The van der Waals surface area contributed by atoms with Crippen LogP contribution in [0.2, 0.25) is 0 Å². The van der Waals surface area contributed by atoms with E-state index >= 15 is 0 Å². The van der Waals surface area contributed by atoms with E-state index in [1.54, 1.807) is 0 Å². The first-order valence-electron chi connectivity index (χ1n) is 8.92. The van der Waals surface area contributed by atoms with E-state index < -0.39 is 0 Å². The highest BCUT2D eigenvalue weighted by molar-refractivity contribution is 4.81. The van der Waals surface area contributed by atoms with E-state index in [1.165, 1.54) is 83.5 Å².